The fourth-order valence-corrected chi connectivity index (χ4v) is 1.58. The fourth-order valence-electron chi connectivity index (χ4n) is 1.58. The lowest BCUT2D eigenvalue weighted by Crippen LogP contribution is -2.19. The maximum Gasteiger partial charge on any atom is 0.120 e. The summed E-state index contributed by atoms with van der Waals surface area (Å²) in [6, 6.07) is 7.71. The van der Waals surface area contributed by atoms with Crippen LogP contribution in [0.5, 0.6) is 11.5 Å². The van der Waals surface area contributed by atoms with Crippen LogP contribution in [0.25, 0.3) is 0 Å². The average Bonchev–Trinajstić information content (AvgIpc) is 2.72. The molecular weight excluding hydrogens is 214 g/mol. The maximum absolute atomic E-state index is 5.76. The van der Waals surface area contributed by atoms with E-state index < -0.39 is 0 Å². The van der Waals surface area contributed by atoms with Crippen molar-refractivity contribution < 1.29 is 9.47 Å². The van der Waals surface area contributed by atoms with Gasteiger partial charge < -0.3 is 14.8 Å². The highest BCUT2D eigenvalue weighted by Gasteiger charge is 2.15. The van der Waals surface area contributed by atoms with Crippen molar-refractivity contribution in [2.24, 2.45) is 0 Å². The van der Waals surface area contributed by atoms with E-state index in [9.17, 15) is 0 Å². The number of methoxy groups -OCH3 is 1. The van der Waals surface area contributed by atoms with E-state index in [0.29, 0.717) is 6.10 Å². The molecule has 1 aliphatic heterocycles. The van der Waals surface area contributed by atoms with E-state index in [1.807, 2.05) is 24.3 Å². The largest absolute Gasteiger partial charge is 0.497 e. The van der Waals surface area contributed by atoms with E-state index in [0.717, 1.165) is 31.0 Å². The van der Waals surface area contributed by atoms with Crippen LogP contribution in [-0.2, 0) is 0 Å². The van der Waals surface area contributed by atoms with Crippen LogP contribution in [0.3, 0.4) is 0 Å². The molecule has 0 aliphatic carbocycles. The minimum absolute atomic E-state index is 0. The third kappa shape index (κ3) is 3.29. The summed E-state index contributed by atoms with van der Waals surface area (Å²) in [5.74, 6) is 1.78. The first-order valence-electron chi connectivity index (χ1n) is 4.90. The van der Waals surface area contributed by atoms with Crippen molar-refractivity contribution in [3.05, 3.63) is 24.3 Å². The summed E-state index contributed by atoms with van der Waals surface area (Å²) >= 11 is 0. The van der Waals surface area contributed by atoms with Gasteiger partial charge in [-0.15, -0.1) is 12.4 Å². The van der Waals surface area contributed by atoms with Crippen molar-refractivity contribution in [3.8, 4) is 11.5 Å². The third-order valence-corrected chi connectivity index (χ3v) is 2.38. The van der Waals surface area contributed by atoms with Crippen LogP contribution in [0.4, 0.5) is 0 Å². The van der Waals surface area contributed by atoms with E-state index in [1.165, 1.54) is 0 Å². The number of hydrogen-bond donors (Lipinski definition) is 1. The van der Waals surface area contributed by atoms with E-state index in [2.05, 4.69) is 5.32 Å². The molecule has 4 heteroatoms. The van der Waals surface area contributed by atoms with Crippen molar-refractivity contribution >= 4 is 12.4 Å². The van der Waals surface area contributed by atoms with Crippen LogP contribution >= 0.6 is 12.4 Å². The molecule has 1 aromatic carbocycles. The summed E-state index contributed by atoms with van der Waals surface area (Å²) in [4.78, 5) is 0. The molecule has 1 heterocycles. The predicted octanol–water partition coefficient (Wildman–Crippen LogP) is 1.86. The number of hydrogen-bond acceptors (Lipinski definition) is 3. The van der Waals surface area contributed by atoms with Gasteiger partial charge in [0, 0.05) is 6.54 Å². The molecule has 84 valence electrons. The van der Waals surface area contributed by atoms with Gasteiger partial charge in [-0.2, -0.15) is 0 Å². The summed E-state index contributed by atoms with van der Waals surface area (Å²) < 4.78 is 10.8. The number of benzene rings is 1. The lowest BCUT2D eigenvalue weighted by Gasteiger charge is -2.12. The van der Waals surface area contributed by atoms with Crippen molar-refractivity contribution in [1.29, 1.82) is 0 Å². The van der Waals surface area contributed by atoms with Gasteiger partial charge in [-0.3, -0.25) is 0 Å². The van der Waals surface area contributed by atoms with Gasteiger partial charge in [0.25, 0.3) is 0 Å². The highest BCUT2D eigenvalue weighted by molar-refractivity contribution is 5.85. The molecule has 0 aromatic heterocycles. The Balaban J connectivity index is 0.00000112. The summed E-state index contributed by atoms with van der Waals surface area (Å²) in [5, 5.41) is 3.27. The average molecular weight is 230 g/mol. The second-order valence-electron chi connectivity index (χ2n) is 3.41. The highest BCUT2D eigenvalue weighted by atomic mass is 35.5. The molecule has 0 bridgehead atoms. The zero-order valence-corrected chi connectivity index (χ0v) is 9.55. The first-order chi connectivity index (χ1) is 6.88. The first kappa shape index (κ1) is 12.1. The molecular formula is C11H16ClNO2. The quantitative estimate of drug-likeness (QED) is 0.858. The molecule has 1 atom stereocenters. The van der Waals surface area contributed by atoms with Gasteiger partial charge in [0.1, 0.15) is 17.6 Å². The second kappa shape index (κ2) is 5.83. The Bertz CT molecular complexity index is 283. The molecule has 2 rings (SSSR count). The second-order valence-corrected chi connectivity index (χ2v) is 3.41. The van der Waals surface area contributed by atoms with Crippen molar-refractivity contribution in [2.45, 2.75) is 12.5 Å². The van der Waals surface area contributed by atoms with Crippen LogP contribution in [0, 0.1) is 0 Å². The lowest BCUT2D eigenvalue weighted by atomic mass is 10.3. The van der Waals surface area contributed by atoms with Gasteiger partial charge in [-0.25, -0.2) is 0 Å². The lowest BCUT2D eigenvalue weighted by molar-refractivity contribution is 0.223. The van der Waals surface area contributed by atoms with Gasteiger partial charge in [-0.1, -0.05) is 0 Å². The first-order valence-corrected chi connectivity index (χ1v) is 4.90. The molecule has 1 unspecified atom stereocenters. The van der Waals surface area contributed by atoms with Gasteiger partial charge in [0.2, 0.25) is 0 Å². The molecule has 3 nitrogen and oxygen atoms in total. The summed E-state index contributed by atoms with van der Waals surface area (Å²) in [7, 11) is 1.66. The number of halogens is 1. The minimum atomic E-state index is 0. The monoisotopic (exact) mass is 229 g/mol. The Labute approximate surface area is 96.2 Å². The topological polar surface area (TPSA) is 30.5 Å². The van der Waals surface area contributed by atoms with E-state index in [1.54, 1.807) is 7.11 Å². The molecule has 0 radical (unpaired) electrons. The van der Waals surface area contributed by atoms with E-state index in [4.69, 9.17) is 9.47 Å². The molecule has 0 spiro atoms. The highest BCUT2D eigenvalue weighted by Crippen LogP contribution is 2.19. The number of nitrogens with one attached hydrogen (secondary N) is 1. The van der Waals surface area contributed by atoms with Gasteiger partial charge in [0.15, 0.2) is 0 Å². The smallest absolute Gasteiger partial charge is 0.120 e. The molecule has 1 aromatic rings. The molecule has 1 fully saturated rings. The molecule has 1 N–H and O–H groups in total. The van der Waals surface area contributed by atoms with Crippen LogP contribution in [0.1, 0.15) is 6.42 Å². The minimum Gasteiger partial charge on any atom is -0.497 e. The summed E-state index contributed by atoms with van der Waals surface area (Å²) in [5.41, 5.74) is 0. The predicted molar refractivity (Wildman–Crippen MR) is 62.1 cm³/mol. The third-order valence-electron chi connectivity index (χ3n) is 2.38. The van der Waals surface area contributed by atoms with E-state index in [-0.39, 0.29) is 12.4 Å². The van der Waals surface area contributed by atoms with E-state index >= 15 is 0 Å². The number of ether oxygens (including phenoxy) is 2. The van der Waals surface area contributed by atoms with Crippen LogP contribution in [0.15, 0.2) is 24.3 Å². The fraction of sp³-hybridized carbons (Fsp3) is 0.455. The van der Waals surface area contributed by atoms with Gasteiger partial charge >= 0.3 is 0 Å². The van der Waals surface area contributed by atoms with Crippen LogP contribution in [0.2, 0.25) is 0 Å². The summed E-state index contributed by atoms with van der Waals surface area (Å²) in [6.45, 7) is 2.01. The molecule has 0 saturated carbocycles. The zero-order valence-electron chi connectivity index (χ0n) is 8.73. The SMILES string of the molecule is COc1ccc(OC2CCNC2)cc1.Cl. The molecule has 1 saturated heterocycles. The molecule has 15 heavy (non-hydrogen) atoms. The molecule has 1 aliphatic rings. The Morgan fingerprint density at radius 3 is 2.40 bits per heavy atom. The Morgan fingerprint density at radius 2 is 1.87 bits per heavy atom. The van der Waals surface area contributed by atoms with Crippen molar-refractivity contribution in [1.82, 2.24) is 5.32 Å². The standard InChI is InChI=1S/C11H15NO2.ClH/c1-13-9-2-4-10(5-3-9)14-11-6-7-12-8-11;/h2-5,11-12H,6-8H2,1H3;1H. The summed E-state index contributed by atoms with van der Waals surface area (Å²) in [6.07, 6.45) is 1.41. The Hall–Kier alpha value is -0.930. The van der Waals surface area contributed by atoms with Gasteiger partial charge in [-0.05, 0) is 37.2 Å². The van der Waals surface area contributed by atoms with Crippen molar-refractivity contribution in [2.75, 3.05) is 20.2 Å². The Kier molecular flexibility index (Phi) is 4.72. The zero-order chi connectivity index (χ0) is 9.80. The normalized spacial score (nSPS) is 19.4. The Morgan fingerprint density at radius 1 is 1.20 bits per heavy atom. The molecule has 0 amide bonds. The van der Waals surface area contributed by atoms with Crippen molar-refractivity contribution in [3.63, 3.8) is 0 Å². The maximum atomic E-state index is 5.76. The van der Waals surface area contributed by atoms with Gasteiger partial charge in [0.05, 0.1) is 7.11 Å². The van der Waals surface area contributed by atoms with Crippen LogP contribution in [-0.4, -0.2) is 26.3 Å². The van der Waals surface area contributed by atoms with Crippen LogP contribution < -0.4 is 14.8 Å². The number of rotatable bonds is 3.